The number of aromatic nitrogens is 2. The highest BCUT2D eigenvalue weighted by Crippen LogP contribution is 2.19. The van der Waals surface area contributed by atoms with Gasteiger partial charge in [0.1, 0.15) is 11.4 Å². The summed E-state index contributed by atoms with van der Waals surface area (Å²) in [6.07, 6.45) is 0. The van der Waals surface area contributed by atoms with Gasteiger partial charge in [-0.2, -0.15) is 0 Å². The van der Waals surface area contributed by atoms with Gasteiger partial charge in [0.25, 0.3) is 0 Å². The molecule has 0 aliphatic heterocycles. The predicted octanol–water partition coefficient (Wildman–Crippen LogP) is 2.08. The summed E-state index contributed by atoms with van der Waals surface area (Å²) in [6.45, 7) is 9.19. The van der Waals surface area contributed by atoms with Crippen LogP contribution in [0.5, 0.6) is 0 Å². The van der Waals surface area contributed by atoms with E-state index in [0.29, 0.717) is 5.89 Å². The number of carbonyl (C=O) groups excluding carboxylic acids is 1. The van der Waals surface area contributed by atoms with Gasteiger partial charge in [-0.05, 0) is 34.6 Å². The summed E-state index contributed by atoms with van der Waals surface area (Å²) < 4.78 is 5.25. The lowest BCUT2D eigenvalue weighted by Gasteiger charge is -2.23. The molecule has 1 rings (SSSR count). The van der Waals surface area contributed by atoms with Crippen molar-refractivity contribution in [1.29, 1.82) is 0 Å². The smallest absolute Gasteiger partial charge is 0.316 e. The standard InChI is InChI=1S/C11H19ClN4O2/c1-6(12)9-15-16-10(18-9)13-7(2)8(17)14-11(3,4)5/h6-7H,1-5H3,(H,13,16)(H,14,17). The second kappa shape index (κ2) is 5.56. The molecule has 0 aliphatic rings. The number of nitrogens with one attached hydrogen (secondary N) is 2. The molecule has 0 aromatic carbocycles. The predicted molar refractivity (Wildman–Crippen MR) is 69.5 cm³/mol. The molecule has 1 heterocycles. The quantitative estimate of drug-likeness (QED) is 0.822. The molecule has 2 N–H and O–H groups in total. The maximum Gasteiger partial charge on any atom is 0.316 e. The van der Waals surface area contributed by atoms with E-state index in [0.717, 1.165) is 0 Å². The monoisotopic (exact) mass is 274 g/mol. The summed E-state index contributed by atoms with van der Waals surface area (Å²) in [7, 11) is 0. The average Bonchev–Trinajstić information content (AvgIpc) is 2.63. The van der Waals surface area contributed by atoms with Crippen LogP contribution in [-0.2, 0) is 4.79 Å². The molecule has 0 saturated heterocycles. The lowest BCUT2D eigenvalue weighted by atomic mass is 10.1. The number of hydrogen-bond acceptors (Lipinski definition) is 5. The highest BCUT2D eigenvalue weighted by molar-refractivity contribution is 6.20. The van der Waals surface area contributed by atoms with Crippen molar-refractivity contribution >= 4 is 23.5 Å². The maximum atomic E-state index is 11.8. The van der Waals surface area contributed by atoms with Gasteiger partial charge in [-0.15, -0.1) is 16.7 Å². The zero-order valence-electron chi connectivity index (χ0n) is 11.2. The third-order valence-corrected chi connectivity index (χ3v) is 2.20. The normalized spacial score (nSPS) is 15.0. The van der Waals surface area contributed by atoms with Gasteiger partial charge in [0.15, 0.2) is 0 Å². The van der Waals surface area contributed by atoms with E-state index in [-0.39, 0.29) is 22.8 Å². The highest BCUT2D eigenvalue weighted by Gasteiger charge is 2.21. The van der Waals surface area contributed by atoms with Crippen LogP contribution in [0, 0.1) is 0 Å². The molecule has 1 aromatic heterocycles. The molecular weight excluding hydrogens is 256 g/mol. The highest BCUT2D eigenvalue weighted by atomic mass is 35.5. The molecule has 1 aromatic rings. The fraction of sp³-hybridized carbons (Fsp3) is 0.727. The van der Waals surface area contributed by atoms with E-state index in [1.165, 1.54) is 0 Å². The number of carbonyl (C=O) groups is 1. The van der Waals surface area contributed by atoms with E-state index in [4.69, 9.17) is 16.0 Å². The first-order chi connectivity index (χ1) is 8.19. The van der Waals surface area contributed by atoms with Gasteiger partial charge in [-0.25, -0.2) is 0 Å². The summed E-state index contributed by atoms with van der Waals surface area (Å²) >= 11 is 5.80. The number of anilines is 1. The van der Waals surface area contributed by atoms with Gasteiger partial charge in [0.2, 0.25) is 11.8 Å². The van der Waals surface area contributed by atoms with E-state index in [1.807, 2.05) is 20.8 Å². The van der Waals surface area contributed by atoms with Crippen LogP contribution < -0.4 is 10.6 Å². The van der Waals surface area contributed by atoms with E-state index in [1.54, 1.807) is 13.8 Å². The fourth-order valence-electron chi connectivity index (χ4n) is 1.18. The minimum atomic E-state index is -0.469. The van der Waals surface area contributed by atoms with Crippen LogP contribution in [0.2, 0.25) is 0 Å². The third-order valence-electron chi connectivity index (χ3n) is 2.01. The van der Waals surface area contributed by atoms with Gasteiger partial charge in [0, 0.05) is 5.54 Å². The van der Waals surface area contributed by atoms with Crippen molar-refractivity contribution in [3.05, 3.63) is 5.89 Å². The minimum Gasteiger partial charge on any atom is -0.406 e. The van der Waals surface area contributed by atoms with Gasteiger partial charge in [-0.1, -0.05) is 5.10 Å². The Morgan fingerprint density at radius 2 is 1.94 bits per heavy atom. The summed E-state index contributed by atoms with van der Waals surface area (Å²) in [5.74, 6) is 0.184. The van der Waals surface area contributed by atoms with Crippen LogP contribution in [0.1, 0.15) is 45.9 Å². The van der Waals surface area contributed by atoms with Crippen molar-refractivity contribution < 1.29 is 9.21 Å². The number of alkyl halides is 1. The SMILES string of the molecule is CC(Nc1nnc(C(C)Cl)o1)C(=O)NC(C)(C)C. The molecule has 102 valence electrons. The number of nitrogens with zero attached hydrogens (tertiary/aromatic N) is 2. The molecule has 6 nitrogen and oxygen atoms in total. The summed E-state index contributed by atoms with van der Waals surface area (Å²) in [6, 6.07) is -0.280. The zero-order chi connectivity index (χ0) is 13.9. The largest absolute Gasteiger partial charge is 0.406 e. The van der Waals surface area contributed by atoms with Crippen LogP contribution in [0.3, 0.4) is 0 Å². The van der Waals surface area contributed by atoms with Crippen molar-refractivity contribution in [2.45, 2.75) is 51.6 Å². The Labute approximate surface area is 111 Å². The lowest BCUT2D eigenvalue weighted by molar-refractivity contribution is -0.122. The molecule has 0 aliphatic carbocycles. The molecular formula is C11H19ClN4O2. The first kappa shape index (κ1) is 14.8. The Hall–Kier alpha value is -1.30. The molecule has 0 bridgehead atoms. The zero-order valence-corrected chi connectivity index (χ0v) is 12.0. The Balaban J connectivity index is 2.58. The number of halogens is 1. The molecule has 2 unspecified atom stereocenters. The second-order valence-corrected chi connectivity index (χ2v) is 5.82. The molecule has 0 saturated carbocycles. The van der Waals surface area contributed by atoms with Crippen molar-refractivity contribution in [3.63, 3.8) is 0 Å². The molecule has 18 heavy (non-hydrogen) atoms. The fourth-order valence-corrected chi connectivity index (χ4v) is 1.27. The second-order valence-electron chi connectivity index (χ2n) is 5.17. The van der Waals surface area contributed by atoms with Gasteiger partial charge in [-0.3, -0.25) is 4.79 Å². The molecule has 7 heteroatoms. The van der Waals surface area contributed by atoms with Crippen molar-refractivity contribution in [1.82, 2.24) is 15.5 Å². The van der Waals surface area contributed by atoms with E-state index >= 15 is 0 Å². The number of rotatable bonds is 4. The Morgan fingerprint density at radius 1 is 1.33 bits per heavy atom. The van der Waals surface area contributed by atoms with Crippen LogP contribution in [0.4, 0.5) is 6.01 Å². The van der Waals surface area contributed by atoms with Crippen LogP contribution in [0.25, 0.3) is 0 Å². The minimum absolute atomic E-state index is 0.138. The number of amides is 1. The summed E-state index contributed by atoms with van der Waals surface area (Å²) in [5.41, 5.74) is -0.280. The van der Waals surface area contributed by atoms with Crippen molar-refractivity contribution in [2.24, 2.45) is 0 Å². The van der Waals surface area contributed by atoms with E-state index < -0.39 is 6.04 Å². The van der Waals surface area contributed by atoms with Crippen LogP contribution in [0.15, 0.2) is 4.42 Å². The molecule has 1 amide bonds. The molecule has 2 atom stereocenters. The van der Waals surface area contributed by atoms with E-state index in [9.17, 15) is 4.79 Å². The average molecular weight is 275 g/mol. The third kappa shape index (κ3) is 4.52. The molecule has 0 fully saturated rings. The van der Waals surface area contributed by atoms with Crippen LogP contribution in [-0.4, -0.2) is 27.7 Å². The van der Waals surface area contributed by atoms with Crippen molar-refractivity contribution in [2.75, 3.05) is 5.32 Å². The Morgan fingerprint density at radius 3 is 2.39 bits per heavy atom. The van der Waals surface area contributed by atoms with Crippen LogP contribution >= 0.6 is 11.6 Å². The Kier molecular flexibility index (Phi) is 4.56. The maximum absolute atomic E-state index is 11.8. The first-order valence-electron chi connectivity index (χ1n) is 5.75. The number of hydrogen-bond donors (Lipinski definition) is 2. The first-order valence-corrected chi connectivity index (χ1v) is 6.18. The lowest BCUT2D eigenvalue weighted by Crippen LogP contribution is -2.47. The summed E-state index contributed by atoms with van der Waals surface area (Å²) in [5, 5.41) is 12.8. The molecule has 0 spiro atoms. The van der Waals surface area contributed by atoms with Gasteiger partial charge >= 0.3 is 6.01 Å². The van der Waals surface area contributed by atoms with Gasteiger partial charge < -0.3 is 15.1 Å². The van der Waals surface area contributed by atoms with Gasteiger partial charge in [0.05, 0.1) is 0 Å². The Bertz CT molecular complexity index is 411. The van der Waals surface area contributed by atoms with E-state index in [2.05, 4.69) is 20.8 Å². The van der Waals surface area contributed by atoms with Crippen molar-refractivity contribution in [3.8, 4) is 0 Å². The summed E-state index contributed by atoms with van der Waals surface area (Å²) in [4.78, 5) is 11.8. The topological polar surface area (TPSA) is 80.1 Å². The molecule has 0 radical (unpaired) electrons.